The summed E-state index contributed by atoms with van der Waals surface area (Å²) >= 11 is 13.2. The van der Waals surface area contributed by atoms with Gasteiger partial charge < -0.3 is 0 Å². The summed E-state index contributed by atoms with van der Waals surface area (Å²) in [6, 6.07) is 7.56. The summed E-state index contributed by atoms with van der Waals surface area (Å²) in [4.78, 5) is 1.05. The molecule has 13 heavy (non-hydrogen) atoms. The van der Waals surface area contributed by atoms with E-state index in [2.05, 4.69) is 6.07 Å². The highest BCUT2D eigenvalue weighted by Gasteiger charge is 1.99. The van der Waals surface area contributed by atoms with Crippen molar-refractivity contribution in [2.24, 2.45) is 0 Å². The number of hydrogen-bond acceptors (Lipinski definition) is 2. The maximum atomic E-state index is 8.33. The SMILES string of the molecule is N#CCCSc1ccc(Cl)c(Cl)c1. The minimum atomic E-state index is 0.547. The van der Waals surface area contributed by atoms with Gasteiger partial charge in [0.25, 0.3) is 0 Å². The van der Waals surface area contributed by atoms with Crippen LogP contribution in [0.1, 0.15) is 6.42 Å². The van der Waals surface area contributed by atoms with Gasteiger partial charge in [-0.2, -0.15) is 5.26 Å². The molecule has 0 unspecified atom stereocenters. The molecule has 1 aromatic rings. The predicted molar refractivity (Wildman–Crippen MR) is 57.4 cm³/mol. The normalized spacial score (nSPS) is 9.62. The van der Waals surface area contributed by atoms with Crippen molar-refractivity contribution in [3.05, 3.63) is 28.2 Å². The van der Waals surface area contributed by atoms with E-state index in [0.29, 0.717) is 16.5 Å². The lowest BCUT2D eigenvalue weighted by molar-refractivity contribution is 1.23. The quantitative estimate of drug-likeness (QED) is 0.580. The van der Waals surface area contributed by atoms with Gasteiger partial charge in [0.1, 0.15) is 0 Å². The van der Waals surface area contributed by atoms with Crippen molar-refractivity contribution >= 4 is 35.0 Å². The third-order valence-corrected chi connectivity index (χ3v) is 3.11. The molecule has 0 radical (unpaired) electrons. The van der Waals surface area contributed by atoms with Crippen molar-refractivity contribution in [3.63, 3.8) is 0 Å². The van der Waals surface area contributed by atoms with Gasteiger partial charge in [0.15, 0.2) is 0 Å². The zero-order valence-electron chi connectivity index (χ0n) is 6.76. The molecular weight excluding hydrogens is 225 g/mol. The molecule has 0 aliphatic carbocycles. The molecule has 4 heteroatoms. The average Bonchev–Trinajstić information content (AvgIpc) is 2.12. The fourth-order valence-electron chi connectivity index (χ4n) is 0.781. The van der Waals surface area contributed by atoms with Crippen LogP contribution in [0, 0.1) is 11.3 Å². The van der Waals surface area contributed by atoms with Crippen LogP contribution >= 0.6 is 35.0 Å². The number of nitriles is 1. The Hall–Kier alpha value is -0.360. The van der Waals surface area contributed by atoms with E-state index in [-0.39, 0.29) is 0 Å². The molecule has 0 atom stereocenters. The monoisotopic (exact) mass is 231 g/mol. The van der Waals surface area contributed by atoms with Gasteiger partial charge >= 0.3 is 0 Å². The summed E-state index contributed by atoms with van der Waals surface area (Å²) in [6.07, 6.45) is 0.547. The van der Waals surface area contributed by atoms with Gasteiger partial charge in [-0.1, -0.05) is 23.2 Å². The number of thioether (sulfide) groups is 1. The molecule has 0 aliphatic rings. The molecule has 0 spiro atoms. The van der Waals surface area contributed by atoms with E-state index in [0.717, 1.165) is 10.6 Å². The molecule has 0 fully saturated rings. The third kappa shape index (κ3) is 3.48. The first kappa shape index (κ1) is 10.7. The fourth-order valence-corrected chi connectivity index (χ4v) is 1.94. The lowest BCUT2D eigenvalue weighted by Crippen LogP contribution is -1.77. The van der Waals surface area contributed by atoms with Crippen molar-refractivity contribution in [2.45, 2.75) is 11.3 Å². The van der Waals surface area contributed by atoms with Crippen LogP contribution in [0.15, 0.2) is 23.1 Å². The summed E-state index contributed by atoms with van der Waals surface area (Å²) in [5.74, 6) is 0.786. The van der Waals surface area contributed by atoms with Crippen molar-refractivity contribution < 1.29 is 0 Å². The van der Waals surface area contributed by atoms with Gasteiger partial charge in [0, 0.05) is 17.1 Å². The van der Waals surface area contributed by atoms with Crippen LogP contribution < -0.4 is 0 Å². The highest BCUT2D eigenvalue weighted by atomic mass is 35.5. The molecule has 68 valence electrons. The second-order valence-electron chi connectivity index (χ2n) is 2.33. The smallest absolute Gasteiger partial charge is 0.0630 e. The first-order valence-electron chi connectivity index (χ1n) is 3.69. The third-order valence-electron chi connectivity index (χ3n) is 1.37. The minimum absolute atomic E-state index is 0.547. The van der Waals surface area contributed by atoms with Gasteiger partial charge in [-0.05, 0) is 18.2 Å². The van der Waals surface area contributed by atoms with E-state index >= 15 is 0 Å². The second kappa shape index (κ2) is 5.39. The number of halogens is 2. The van der Waals surface area contributed by atoms with E-state index in [1.807, 2.05) is 12.1 Å². The van der Waals surface area contributed by atoms with Gasteiger partial charge in [-0.3, -0.25) is 0 Å². The molecule has 1 rings (SSSR count). The zero-order valence-corrected chi connectivity index (χ0v) is 9.09. The zero-order chi connectivity index (χ0) is 9.68. The Morgan fingerprint density at radius 3 is 2.69 bits per heavy atom. The standard InChI is InChI=1S/C9H7Cl2NS/c10-8-3-2-7(6-9(8)11)13-5-1-4-12/h2-3,6H,1,5H2. The molecule has 0 N–H and O–H groups in total. The van der Waals surface area contributed by atoms with Crippen molar-refractivity contribution in [3.8, 4) is 6.07 Å². The van der Waals surface area contributed by atoms with Crippen LogP contribution in [0.5, 0.6) is 0 Å². The van der Waals surface area contributed by atoms with E-state index in [1.54, 1.807) is 17.8 Å². The highest BCUT2D eigenvalue weighted by Crippen LogP contribution is 2.27. The molecule has 1 nitrogen and oxygen atoms in total. The Morgan fingerprint density at radius 1 is 1.31 bits per heavy atom. The molecule has 1 aromatic carbocycles. The number of nitrogens with zero attached hydrogens (tertiary/aromatic N) is 1. The molecule has 0 aromatic heterocycles. The highest BCUT2D eigenvalue weighted by molar-refractivity contribution is 7.99. The van der Waals surface area contributed by atoms with Crippen LogP contribution in [0.25, 0.3) is 0 Å². The lowest BCUT2D eigenvalue weighted by atomic mass is 10.4. The van der Waals surface area contributed by atoms with E-state index < -0.39 is 0 Å². The van der Waals surface area contributed by atoms with E-state index in [9.17, 15) is 0 Å². The molecule has 0 heterocycles. The van der Waals surface area contributed by atoms with Crippen molar-refractivity contribution in [2.75, 3.05) is 5.75 Å². The molecular formula is C9H7Cl2NS. The molecule has 0 bridgehead atoms. The van der Waals surface area contributed by atoms with Crippen LogP contribution in [0.4, 0.5) is 0 Å². The summed E-state index contributed by atoms with van der Waals surface area (Å²) in [6.45, 7) is 0. The summed E-state index contributed by atoms with van der Waals surface area (Å²) in [7, 11) is 0. The Bertz CT molecular complexity index is 333. The van der Waals surface area contributed by atoms with Gasteiger partial charge in [-0.15, -0.1) is 11.8 Å². The molecule has 0 saturated heterocycles. The van der Waals surface area contributed by atoms with Gasteiger partial charge in [0.05, 0.1) is 16.1 Å². The van der Waals surface area contributed by atoms with Crippen molar-refractivity contribution in [1.82, 2.24) is 0 Å². The van der Waals surface area contributed by atoms with E-state index in [4.69, 9.17) is 28.5 Å². The minimum Gasteiger partial charge on any atom is -0.198 e. The van der Waals surface area contributed by atoms with Crippen LogP contribution in [0.3, 0.4) is 0 Å². The molecule has 0 saturated carbocycles. The number of hydrogen-bond donors (Lipinski definition) is 0. The predicted octanol–water partition coefficient (Wildman–Crippen LogP) is 4.00. The Morgan fingerprint density at radius 2 is 2.08 bits per heavy atom. The van der Waals surface area contributed by atoms with E-state index in [1.165, 1.54) is 0 Å². The Labute approximate surface area is 91.6 Å². The Kier molecular flexibility index (Phi) is 4.44. The summed E-state index contributed by atoms with van der Waals surface area (Å²) < 4.78 is 0. The first-order valence-corrected chi connectivity index (χ1v) is 5.43. The summed E-state index contributed by atoms with van der Waals surface area (Å²) in [5.41, 5.74) is 0. The van der Waals surface area contributed by atoms with Crippen LogP contribution in [-0.4, -0.2) is 5.75 Å². The molecule has 0 aliphatic heterocycles. The van der Waals surface area contributed by atoms with Gasteiger partial charge in [-0.25, -0.2) is 0 Å². The van der Waals surface area contributed by atoms with Gasteiger partial charge in [0.2, 0.25) is 0 Å². The number of benzene rings is 1. The van der Waals surface area contributed by atoms with Crippen molar-refractivity contribution in [1.29, 1.82) is 5.26 Å². The maximum Gasteiger partial charge on any atom is 0.0630 e. The topological polar surface area (TPSA) is 23.8 Å². The second-order valence-corrected chi connectivity index (χ2v) is 4.32. The van der Waals surface area contributed by atoms with Crippen LogP contribution in [-0.2, 0) is 0 Å². The number of rotatable bonds is 3. The maximum absolute atomic E-state index is 8.33. The summed E-state index contributed by atoms with van der Waals surface area (Å²) in [5, 5.41) is 9.45. The lowest BCUT2D eigenvalue weighted by Gasteiger charge is -2.00. The largest absolute Gasteiger partial charge is 0.198 e. The Balaban J connectivity index is 2.59. The molecule has 0 amide bonds. The fraction of sp³-hybridized carbons (Fsp3) is 0.222. The average molecular weight is 232 g/mol. The first-order chi connectivity index (χ1) is 6.24. The van der Waals surface area contributed by atoms with Crippen LogP contribution in [0.2, 0.25) is 10.0 Å².